The molecule has 2 aromatic rings. The first-order valence-electron chi connectivity index (χ1n) is 7.21. The summed E-state index contributed by atoms with van der Waals surface area (Å²) < 4.78 is 0. The van der Waals surface area contributed by atoms with Gasteiger partial charge >= 0.3 is 0 Å². The van der Waals surface area contributed by atoms with Gasteiger partial charge in [0.25, 0.3) is 5.91 Å². The van der Waals surface area contributed by atoms with Gasteiger partial charge in [-0.3, -0.25) is 4.79 Å². The van der Waals surface area contributed by atoms with E-state index in [0.29, 0.717) is 5.56 Å². The number of nitrogens with zero attached hydrogens (tertiary/aromatic N) is 1. The minimum absolute atomic E-state index is 0.00424. The second-order valence-corrected chi connectivity index (χ2v) is 5.65. The molecule has 1 unspecified atom stereocenters. The normalized spacial score (nSPS) is 12.0. The van der Waals surface area contributed by atoms with Gasteiger partial charge in [0.1, 0.15) is 5.82 Å². The molecule has 2 N–H and O–H groups in total. The average molecular weight is 303 g/mol. The molecule has 2 rings (SSSR count). The maximum Gasteiger partial charge on any atom is 0.251 e. The third-order valence-electron chi connectivity index (χ3n) is 3.25. The fourth-order valence-corrected chi connectivity index (χ4v) is 2.81. The van der Waals surface area contributed by atoms with Crippen molar-refractivity contribution in [1.29, 1.82) is 0 Å². The maximum atomic E-state index is 12.4. The standard InChI is InChI=1S/C16H21N3OS/c1-4-14-8-13(9-15(19-14)17-5-2)16(20)18-11(3)12-6-7-21-10-12/h6-11H,4-5H2,1-3H3,(H,17,19)(H,18,20). The lowest BCUT2D eigenvalue weighted by atomic mass is 10.1. The number of carbonyl (C=O) groups excluding carboxylic acids is 1. The Morgan fingerprint density at radius 3 is 2.81 bits per heavy atom. The van der Waals surface area contributed by atoms with Gasteiger partial charge in [0.15, 0.2) is 0 Å². The summed E-state index contributed by atoms with van der Waals surface area (Å²) in [6, 6.07) is 5.70. The number of nitrogens with one attached hydrogen (secondary N) is 2. The molecule has 1 amide bonds. The second-order valence-electron chi connectivity index (χ2n) is 4.87. The Morgan fingerprint density at radius 1 is 1.38 bits per heavy atom. The summed E-state index contributed by atoms with van der Waals surface area (Å²) in [6.07, 6.45) is 0.805. The first-order chi connectivity index (χ1) is 10.1. The molecule has 0 aliphatic heterocycles. The van der Waals surface area contributed by atoms with Crippen molar-refractivity contribution in [2.75, 3.05) is 11.9 Å². The zero-order valence-electron chi connectivity index (χ0n) is 12.6. The highest BCUT2D eigenvalue weighted by Crippen LogP contribution is 2.17. The molecule has 0 aliphatic rings. The number of amides is 1. The Morgan fingerprint density at radius 2 is 2.19 bits per heavy atom. The molecule has 0 saturated heterocycles. The van der Waals surface area contributed by atoms with Crippen LogP contribution in [0.3, 0.4) is 0 Å². The number of aromatic nitrogens is 1. The van der Waals surface area contributed by atoms with E-state index in [1.54, 1.807) is 17.4 Å². The molecule has 5 heteroatoms. The van der Waals surface area contributed by atoms with Crippen LogP contribution < -0.4 is 10.6 Å². The third-order valence-corrected chi connectivity index (χ3v) is 3.95. The van der Waals surface area contributed by atoms with Crippen molar-refractivity contribution in [1.82, 2.24) is 10.3 Å². The molecule has 2 heterocycles. The first-order valence-corrected chi connectivity index (χ1v) is 8.16. The molecule has 4 nitrogen and oxygen atoms in total. The van der Waals surface area contributed by atoms with Gasteiger partial charge in [-0.2, -0.15) is 11.3 Å². The summed E-state index contributed by atoms with van der Waals surface area (Å²) in [5.41, 5.74) is 2.70. The van der Waals surface area contributed by atoms with Gasteiger partial charge in [-0.25, -0.2) is 4.98 Å². The number of rotatable bonds is 6. The quantitative estimate of drug-likeness (QED) is 0.857. The zero-order chi connectivity index (χ0) is 15.2. The SMILES string of the molecule is CCNc1cc(C(=O)NC(C)c2ccsc2)cc(CC)n1. The molecule has 0 fully saturated rings. The first kappa shape index (κ1) is 15.5. The third kappa shape index (κ3) is 4.04. The minimum atomic E-state index is -0.0649. The van der Waals surface area contributed by atoms with Crippen LogP contribution in [0.25, 0.3) is 0 Å². The second kappa shape index (κ2) is 7.22. The highest BCUT2D eigenvalue weighted by atomic mass is 32.1. The molecule has 0 aromatic carbocycles. The van der Waals surface area contributed by atoms with Gasteiger partial charge in [0.05, 0.1) is 6.04 Å². The summed E-state index contributed by atoms with van der Waals surface area (Å²) in [5.74, 6) is 0.690. The molecule has 0 saturated carbocycles. The highest BCUT2D eigenvalue weighted by Gasteiger charge is 2.13. The Bertz CT molecular complexity index is 596. The lowest BCUT2D eigenvalue weighted by molar-refractivity contribution is 0.0940. The summed E-state index contributed by atoms with van der Waals surface area (Å²) in [4.78, 5) is 16.9. The highest BCUT2D eigenvalue weighted by molar-refractivity contribution is 7.07. The Balaban J connectivity index is 2.16. The summed E-state index contributed by atoms with van der Waals surface area (Å²) in [7, 11) is 0. The van der Waals surface area contributed by atoms with Crippen molar-refractivity contribution in [2.45, 2.75) is 33.2 Å². The van der Waals surface area contributed by atoms with Crippen LogP contribution in [0.1, 0.15) is 48.4 Å². The molecule has 21 heavy (non-hydrogen) atoms. The van der Waals surface area contributed by atoms with Crippen LogP contribution in [-0.4, -0.2) is 17.4 Å². The molecular formula is C16H21N3OS. The fourth-order valence-electron chi connectivity index (χ4n) is 2.06. The molecule has 0 spiro atoms. The number of pyridine rings is 1. The fraction of sp³-hybridized carbons (Fsp3) is 0.375. The van der Waals surface area contributed by atoms with Gasteiger partial charge in [-0.05, 0) is 54.8 Å². The van der Waals surface area contributed by atoms with Gasteiger partial charge < -0.3 is 10.6 Å². The Labute approximate surface area is 129 Å². The van der Waals surface area contributed by atoms with E-state index in [2.05, 4.69) is 21.0 Å². The van der Waals surface area contributed by atoms with Crippen molar-refractivity contribution >= 4 is 23.1 Å². The lowest BCUT2D eigenvalue weighted by Gasteiger charge is -2.14. The van der Waals surface area contributed by atoms with Crippen molar-refractivity contribution in [3.05, 3.63) is 45.8 Å². The van der Waals surface area contributed by atoms with Gasteiger partial charge in [0, 0.05) is 17.8 Å². The summed E-state index contributed by atoms with van der Waals surface area (Å²) in [6.45, 7) is 6.83. The largest absolute Gasteiger partial charge is 0.370 e. The van der Waals surface area contributed by atoms with Crippen molar-refractivity contribution in [3.63, 3.8) is 0 Å². The molecule has 2 aromatic heterocycles. The van der Waals surface area contributed by atoms with Gasteiger partial charge in [-0.15, -0.1) is 0 Å². The van der Waals surface area contributed by atoms with Crippen LogP contribution in [0.2, 0.25) is 0 Å². The number of carbonyl (C=O) groups is 1. The van der Waals surface area contributed by atoms with Crippen molar-refractivity contribution in [3.8, 4) is 0 Å². The predicted molar refractivity (Wildman–Crippen MR) is 88.0 cm³/mol. The van der Waals surface area contributed by atoms with Crippen LogP contribution in [-0.2, 0) is 6.42 Å². The van der Waals surface area contributed by atoms with Crippen molar-refractivity contribution < 1.29 is 4.79 Å². The minimum Gasteiger partial charge on any atom is -0.370 e. The van der Waals surface area contributed by atoms with Crippen LogP contribution in [0.5, 0.6) is 0 Å². The Hall–Kier alpha value is -1.88. The van der Waals surface area contributed by atoms with E-state index in [-0.39, 0.29) is 11.9 Å². The van der Waals surface area contributed by atoms with Crippen LogP contribution >= 0.6 is 11.3 Å². The smallest absolute Gasteiger partial charge is 0.251 e. The van der Waals surface area contributed by atoms with E-state index in [0.717, 1.165) is 30.0 Å². The topological polar surface area (TPSA) is 54.0 Å². The van der Waals surface area contributed by atoms with E-state index in [4.69, 9.17) is 0 Å². The van der Waals surface area contributed by atoms with Crippen LogP contribution in [0.4, 0.5) is 5.82 Å². The van der Waals surface area contributed by atoms with Gasteiger partial charge in [0.2, 0.25) is 0 Å². The lowest BCUT2D eigenvalue weighted by Crippen LogP contribution is -2.26. The van der Waals surface area contributed by atoms with E-state index in [1.165, 1.54) is 0 Å². The van der Waals surface area contributed by atoms with Gasteiger partial charge in [-0.1, -0.05) is 6.92 Å². The van der Waals surface area contributed by atoms with Crippen LogP contribution in [0.15, 0.2) is 29.0 Å². The molecule has 1 atom stereocenters. The number of hydrogen-bond donors (Lipinski definition) is 2. The molecule has 0 radical (unpaired) electrons. The molecule has 0 bridgehead atoms. The summed E-state index contributed by atoms with van der Waals surface area (Å²) in [5, 5.41) is 10.3. The van der Waals surface area contributed by atoms with Crippen LogP contribution in [0, 0.1) is 0 Å². The molecular weight excluding hydrogens is 282 g/mol. The predicted octanol–water partition coefficient (Wildman–Crippen LogP) is 3.63. The molecule has 112 valence electrons. The number of anilines is 1. The zero-order valence-corrected chi connectivity index (χ0v) is 13.5. The van der Waals surface area contributed by atoms with E-state index in [1.807, 2.05) is 38.3 Å². The maximum absolute atomic E-state index is 12.4. The van der Waals surface area contributed by atoms with E-state index in [9.17, 15) is 4.79 Å². The Kier molecular flexibility index (Phi) is 5.33. The number of aryl methyl sites for hydroxylation is 1. The van der Waals surface area contributed by atoms with Crippen molar-refractivity contribution in [2.24, 2.45) is 0 Å². The van der Waals surface area contributed by atoms with E-state index >= 15 is 0 Å². The number of thiophene rings is 1. The summed E-state index contributed by atoms with van der Waals surface area (Å²) >= 11 is 1.63. The van der Waals surface area contributed by atoms with E-state index < -0.39 is 0 Å². The number of hydrogen-bond acceptors (Lipinski definition) is 4. The average Bonchev–Trinajstić information content (AvgIpc) is 3.01. The monoisotopic (exact) mass is 303 g/mol. The molecule has 0 aliphatic carbocycles.